The van der Waals surface area contributed by atoms with Crippen LogP contribution in [-0.4, -0.2) is 39.1 Å². The van der Waals surface area contributed by atoms with Crippen LogP contribution in [0.25, 0.3) is 0 Å². The second-order valence-electron chi connectivity index (χ2n) is 3.48. The summed E-state index contributed by atoms with van der Waals surface area (Å²) < 4.78 is 24.6. The summed E-state index contributed by atoms with van der Waals surface area (Å²) in [6, 6.07) is 5.87. The van der Waals surface area contributed by atoms with Gasteiger partial charge < -0.3 is 18.1 Å². The molecule has 0 aromatic heterocycles. The van der Waals surface area contributed by atoms with Crippen LogP contribution in [0.15, 0.2) is 29.2 Å². The van der Waals surface area contributed by atoms with E-state index >= 15 is 0 Å². The highest BCUT2D eigenvalue weighted by molar-refractivity contribution is 7.89. The first kappa shape index (κ1) is 16.1. The van der Waals surface area contributed by atoms with E-state index in [1.165, 1.54) is 38.4 Å². The van der Waals surface area contributed by atoms with E-state index in [0.717, 1.165) is 4.31 Å². The minimum Gasteiger partial charge on any atom is -1.00 e. The molecule has 3 N–H and O–H groups in total. The molecule has 1 aromatic carbocycles. The molecule has 0 unspecified atom stereocenters. The number of halogens is 1. The van der Waals surface area contributed by atoms with Gasteiger partial charge in [0.1, 0.15) is 6.54 Å². The van der Waals surface area contributed by atoms with Gasteiger partial charge in [-0.05, 0) is 24.3 Å². The number of hydrogen-bond donors (Lipinski definition) is 1. The maximum Gasteiger partial charge on any atom is 0.242 e. The molecule has 5 nitrogen and oxygen atoms in total. The lowest BCUT2D eigenvalue weighted by Crippen LogP contribution is -3.00. The van der Waals surface area contributed by atoms with E-state index in [1.54, 1.807) is 0 Å². The highest BCUT2D eigenvalue weighted by atomic mass is 35.5. The van der Waals surface area contributed by atoms with Crippen LogP contribution in [0, 0.1) is 0 Å². The van der Waals surface area contributed by atoms with Crippen molar-refractivity contribution >= 4 is 15.8 Å². The topological polar surface area (TPSA) is 82.1 Å². The standard InChI is InChI=1S/C10H14N2O3S.ClH/c1-12(2)16(14,15)9-5-3-8(4-6-9)10(13)7-11;/h3-6H,7,11H2,1-2H3;1H. The third-order valence-corrected chi connectivity index (χ3v) is 4.01. The maximum atomic E-state index is 11.7. The van der Waals surface area contributed by atoms with E-state index in [2.05, 4.69) is 5.73 Å². The van der Waals surface area contributed by atoms with Crippen LogP contribution in [0.2, 0.25) is 0 Å². The molecular formula is C10H15ClN2O3S. The van der Waals surface area contributed by atoms with Crippen molar-refractivity contribution < 1.29 is 31.4 Å². The zero-order chi connectivity index (χ0) is 12.3. The van der Waals surface area contributed by atoms with E-state index in [9.17, 15) is 13.2 Å². The van der Waals surface area contributed by atoms with Gasteiger partial charge in [-0.25, -0.2) is 12.7 Å². The van der Waals surface area contributed by atoms with Gasteiger partial charge in [0.05, 0.1) is 4.90 Å². The average Bonchev–Trinajstić information content (AvgIpc) is 2.28. The molecular weight excluding hydrogens is 264 g/mol. The zero-order valence-corrected chi connectivity index (χ0v) is 11.3. The molecule has 0 bridgehead atoms. The molecule has 0 aliphatic heterocycles. The Labute approximate surface area is 107 Å². The van der Waals surface area contributed by atoms with Crippen molar-refractivity contribution in [2.75, 3.05) is 20.6 Å². The van der Waals surface area contributed by atoms with Crippen LogP contribution in [0.3, 0.4) is 0 Å². The van der Waals surface area contributed by atoms with Crippen molar-refractivity contribution in [1.29, 1.82) is 0 Å². The van der Waals surface area contributed by atoms with Gasteiger partial charge in [0.25, 0.3) is 0 Å². The van der Waals surface area contributed by atoms with Crippen LogP contribution in [0.1, 0.15) is 10.4 Å². The van der Waals surface area contributed by atoms with Gasteiger partial charge in [-0.2, -0.15) is 0 Å². The van der Waals surface area contributed by atoms with Gasteiger partial charge in [0.15, 0.2) is 0 Å². The second-order valence-corrected chi connectivity index (χ2v) is 5.64. The number of hydrogen-bond acceptors (Lipinski definition) is 3. The summed E-state index contributed by atoms with van der Waals surface area (Å²) in [4.78, 5) is 11.5. The minimum absolute atomic E-state index is 0. The van der Waals surface area contributed by atoms with Crippen molar-refractivity contribution in [3.63, 3.8) is 0 Å². The van der Waals surface area contributed by atoms with E-state index in [-0.39, 0.29) is 29.6 Å². The Balaban J connectivity index is 0.00000256. The quantitative estimate of drug-likeness (QED) is 0.577. The molecule has 0 heterocycles. The number of sulfonamides is 1. The highest BCUT2D eigenvalue weighted by Gasteiger charge is 2.17. The van der Waals surface area contributed by atoms with Crippen molar-refractivity contribution in [1.82, 2.24) is 4.31 Å². The molecule has 0 spiro atoms. The van der Waals surface area contributed by atoms with E-state index in [4.69, 9.17) is 0 Å². The van der Waals surface area contributed by atoms with E-state index < -0.39 is 10.0 Å². The average molecular weight is 279 g/mol. The first-order chi connectivity index (χ1) is 7.39. The number of carbonyl (C=O) groups is 1. The molecule has 96 valence electrons. The Bertz CT molecular complexity index is 483. The lowest BCUT2D eigenvalue weighted by Gasteiger charge is -2.11. The smallest absolute Gasteiger partial charge is 0.242 e. The van der Waals surface area contributed by atoms with Gasteiger partial charge >= 0.3 is 0 Å². The summed E-state index contributed by atoms with van der Waals surface area (Å²) in [6.45, 7) is 0.166. The molecule has 0 amide bonds. The minimum atomic E-state index is -3.42. The van der Waals surface area contributed by atoms with Crippen molar-refractivity contribution in [3.05, 3.63) is 29.8 Å². The zero-order valence-electron chi connectivity index (χ0n) is 9.68. The number of quaternary nitrogens is 1. The summed E-state index contributed by atoms with van der Waals surface area (Å²) >= 11 is 0. The number of nitrogens with zero attached hydrogens (tertiary/aromatic N) is 1. The predicted molar refractivity (Wildman–Crippen MR) is 59.4 cm³/mol. The Kier molecular flexibility index (Phi) is 5.77. The number of rotatable bonds is 4. The third kappa shape index (κ3) is 3.50. The SMILES string of the molecule is CN(C)S(=O)(=O)c1ccc(C(=O)C[NH3+])cc1.[Cl-]. The lowest BCUT2D eigenvalue weighted by molar-refractivity contribution is -0.349. The molecule has 17 heavy (non-hydrogen) atoms. The summed E-state index contributed by atoms with van der Waals surface area (Å²) in [5.41, 5.74) is 3.96. The molecule has 0 aliphatic rings. The number of benzene rings is 1. The summed E-state index contributed by atoms with van der Waals surface area (Å²) in [6.07, 6.45) is 0. The van der Waals surface area contributed by atoms with Gasteiger partial charge in [-0.1, -0.05) is 0 Å². The maximum absolute atomic E-state index is 11.7. The Morgan fingerprint density at radius 3 is 2.06 bits per heavy atom. The van der Waals surface area contributed by atoms with Gasteiger partial charge in [-0.15, -0.1) is 0 Å². The Morgan fingerprint density at radius 1 is 1.24 bits per heavy atom. The van der Waals surface area contributed by atoms with Crippen molar-refractivity contribution in [3.8, 4) is 0 Å². The van der Waals surface area contributed by atoms with Crippen LogP contribution >= 0.6 is 0 Å². The Morgan fingerprint density at radius 2 is 1.71 bits per heavy atom. The largest absolute Gasteiger partial charge is 1.00 e. The molecule has 0 saturated carbocycles. The number of Topliss-reactive ketones (excluding diaryl/α,β-unsaturated/α-hetero) is 1. The van der Waals surface area contributed by atoms with Crippen molar-refractivity contribution in [2.45, 2.75) is 4.90 Å². The molecule has 0 aliphatic carbocycles. The third-order valence-electron chi connectivity index (χ3n) is 2.18. The van der Waals surface area contributed by atoms with Gasteiger partial charge in [0.2, 0.25) is 15.8 Å². The molecule has 7 heteroatoms. The highest BCUT2D eigenvalue weighted by Crippen LogP contribution is 2.13. The monoisotopic (exact) mass is 278 g/mol. The van der Waals surface area contributed by atoms with Crippen LogP contribution in [0.5, 0.6) is 0 Å². The lowest BCUT2D eigenvalue weighted by atomic mass is 10.1. The second kappa shape index (κ2) is 6.11. The summed E-state index contributed by atoms with van der Waals surface area (Å²) in [5.74, 6) is -0.103. The molecule has 1 aromatic rings. The molecule has 0 saturated heterocycles. The van der Waals surface area contributed by atoms with Crippen LogP contribution in [-0.2, 0) is 10.0 Å². The summed E-state index contributed by atoms with van der Waals surface area (Å²) in [5, 5.41) is 0. The molecule has 0 fully saturated rings. The first-order valence-electron chi connectivity index (χ1n) is 4.74. The Hall–Kier alpha value is -0.950. The normalized spacial score (nSPS) is 11.1. The van der Waals surface area contributed by atoms with Crippen LogP contribution < -0.4 is 18.1 Å². The molecule has 0 radical (unpaired) electrons. The van der Waals surface area contributed by atoms with Crippen LogP contribution in [0.4, 0.5) is 0 Å². The van der Waals surface area contributed by atoms with Crippen molar-refractivity contribution in [2.24, 2.45) is 0 Å². The first-order valence-corrected chi connectivity index (χ1v) is 6.18. The fourth-order valence-corrected chi connectivity index (χ4v) is 2.07. The predicted octanol–water partition coefficient (Wildman–Crippen LogP) is -3.63. The molecule has 0 atom stereocenters. The van der Waals surface area contributed by atoms with E-state index in [0.29, 0.717) is 5.56 Å². The van der Waals surface area contributed by atoms with Gasteiger partial charge in [-0.3, -0.25) is 4.79 Å². The van der Waals surface area contributed by atoms with Gasteiger partial charge in [0, 0.05) is 19.7 Å². The van der Waals surface area contributed by atoms with E-state index in [1.807, 2.05) is 0 Å². The number of ketones is 1. The molecule has 1 rings (SSSR count). The fraction of sp³-hybridized carbons (Fsp3) is 0.300. The number of carbonyl (C=O) groups excluding carboxylic acids is 1. The fourth-order valence-electron chi connectivity index (χ4n) is 1.17. The summed E-state index contributed by atoms with van der Waals surface area (Å²) in [7, 11) is -0.494.